The Kier molecular flexibility index (Phi) is 4.81. The first-order valence-electron chi connectivity index (χ1n) is 10.7. The molecule has 0 radical (unpaired) electrons. The fourth-order valence-electron chi connectivity index (χ4n) is 4.92. The van der Waals surface area contributed by atoms with Crippen molar-refractivity contribution in [2.45, 2.75) is 44.4 Å². The van der Waals surface area contributed by atoms with Crippen molar-refractivity contribution in [3.8, 4) is 5.75 Å². The molecule has 5 rings (SSSR count). The third kappa shape index (κ3) is 3.09. The number of aromatic amines is 1. The summed E-state index contributed by atoms with van der Waals surface area (Å²) in [5.74, 6) is 1.44. The molecule has 0 bridgehead atoms. The van der Waals surface area contributed by atoms with Crippen molar-refractivity contribution in [1.82, 2.24) is 9.97 Å². The normalized spacial score (nSPS) is 21.0. The van der Waals surface area contributed by atoms with Crippen LogP contribution < -0.4 is 20.5 Å². The van der Waals surface area contributed by atoms with E-state index in [0.29, 0.717) is 35.1 Å². The van der Waals surface area contributed by atoms with Crippen molar-refractivity contribution in [2.75, 3.05) is 30.4 Å². The van der Waals surface area contributed by atoms with Gasteiger partial charge in [-0.1, -0.05) is 18.2 Å². The average Bonchev–Trinajstić information content (AvgIpc) is 2.78. The second-order valence-corrected chi connectivity index (χ2v) is 8.17. The zero-order chi connectivity index (χ0) is 20.7. The van der Waals surface area contributed by atoms with Crippen molar-refractivity contribution in [1.29, 1.82) is 0 Å². The van der Waals surface area contributed by atoms with E-state index in [-0.39, 0.29) is 11.3 Å². The number of H-pyrrole nitrogens is 1. The predicted molar refractivity (Wildman–Crippen MR) is 115 cm³/mol. The Morgan fingerprint density at radius 1 is 1.07 bits per heavy atom. The summed E-state index contributed by atoms with van der Waals surface area (Å²) in [7, 11) is 1.61. The van der Waals surface area contributed by atoms with Crippen LogP contribution in [0.25, 0.3) is 0 Å². The second-order valence-electron chi connectivity index (χ2n) is 8.17. The number of piperidine rings is 1. The SMILES string of the molecule is COc1ccccc1[C@H]1C2=C(CCCC2=O)Nc2nc(N3CCCCC3)[nH]c(=O)c21. The number of nitrogens with one attached hydrogen (secondary N) is 2. The molecule has 2 N–H and O–H groups in total. The van der Waals surface area contributed by atoms with E-state index in [9.17, 15) is 9.59 Å². The Balaban J connectivity index is 1.70. The molecule has 0 spiro atoms. The maximum Gasteiger partial charge on any atom is 0.258 e. The molecule has 1 atom stereocenters. The van der Waals surface area contributed by atoms with E-state index in [0.717, 1.165) is 50.0 Å². The number of benzene rings is 1. The number of aromatic nitrogens is 2. The molecule has 1 aromatic carbocycles. The van der Waals surface area contributed by atoms with Crippen LogP contribution in [-0.4, -0.2) is 36.0 Å². The van der Waals surface area contributed by atoms with Crippen LogP contribution in [0, 0.1) is 0 Å². The highest BCUT2D eigenvalue weighted by atomic mass is 16.5. The lowest BCUT2D eigenvalue weighted by Gasteiger charge is -2.34. The van der Waals surface area contributed by atoms with Gasteiger partial charge in [-0.2, -0.15) is 4.98 Å². The molecule has 7 heteroatoms. The molecule has 1 fully saturated rings. The van der Waals surface area contributed by atoms with E-state index in [4.69, 9.17) is 9.72 Å². The van der Waals surface area contributed by atoms with Gasteiger partial charge < -0.3 is 15.0 Å². The van der Waals surface area contributed by atoms with Crippen LogP contribution in [0.3, 0.4) is 0 Å². The Morgan fingerprint density at radius 3 is 2.67 bits per heavy atom. The number of nitrogens with zero attached hydrogens (tertiary/aromatic N) is 2. The molecule has 1 aliphatic carbocycles. The third-order valence-electron chi connectivity index (χ3n) is 6.35. The summed E-state index contributed by atoms with van der Waals surface area (Å²) in [6.07, 6.45) is 5.49. The summed E-state index contributed by atoms with van der Waals surface area (Å²) < 4.78 is 5.59. The average molecular weight is 406 g/mol. The maximum atomic E-state index is 13.4. The van der Waals surface area contributed by atoms with Gasteiger partial charge in [-0.25, -0.2) is 0 Å². The van der Waals surface area contributed by atoms with Gasteiger partial charge in [0.1, 0.15) is 11.6 Å². The fraction of sp³-hybridized carbons (Fsp3) is 0.435. The lowest BCUT2D eigenvalue weighted by molar-refractivity contribution is -0.116. The molecule has 0 unspecified atom stereocenters. The van der Waals surface area contributed by atoms with E-state index in [1.807, 2.05) is 24.3 Å². The van der Waals surface area contributed by atoms with Crippen LogP contribution >= 0.6 is 0 Å². The number of ketones is 1. The first-order valence-corrected chi connectivity index (χ1v) is 10.7. The van der Waals surface area contributed by atoms with Gasteiger partial charge >= 0.3 is 0 Å². The number of para-hydroxylation sites is 1. The minimum Gasteiger partial charge on any atom is -0.496 e. The summed E-state index contributed by atoms with van der Waals surface area (Å²) in [5.41, 5.74) is 2.68. The van der Waals surface area contributed by atoms with Gasteiger partial charge in [0.05, 0.1) is 18.6 Å². The molecule has 156 valence electrons. The second kappa shape index (κ2) is 7.63. The molecular formula is C23H26N4O3. The van der Waals surface area contributed by atoms with Crippen LogP contribution in [0.1, 0.15) is 55.6 Å². The Morgan fingerprint density at radius 2 is 1.87 bits per heavy atom. The highest BCUT2D eigenvalue weighted by Gasteiger charge is 2.39. The largest absolute Gasteiger partial charge is 0.496 e. The van der Waals surface area contributed by atoms with Gasteiger partial charge in [0.25, 0.3) is 5.56 Å². The van der Waals surface area contributed by atoms with Crippen molar-refractivity contribution in [2.24, 2.45) is 0 Å². The summed E-state index contributed by atoms with van der Waals surface area (Å²) in [4.78, 5) is 36.3. The van der Waals surface area contributed by atoms with Crippen molar-refractivity contribution >= 4 is 17.5 Å². The highest BCUT2D eigenvalue weighted by molar-refractivity contribution is 6.01. The number of allylic oxidation sites excluding steroid dienone is 2. The smallest absolute Gasteiger partial charge is 0.258 e. The van der Waals surface area contributed by atoms with Crippen LogP contribution in [-0.2, 0) is 4.79 Å². The molecule has 1 saturated heterocycles. The van der Waals surface area contributed by atoms with Crippen LogP contribution in [0.4, 0.5) is 11.8 Å². The monoisotopic (exact) mass is 406 g/mol. The Labute approximate surface area is 175 Å². The highest BCUT2D eigenvalue weighted by Crippen LogP contribution is 2.45. The molecular weight excluding hydrogens is 380 g/mol. The van der Waals surface area contributed by atoms with Gasteiger partial charge in [-0.15, -0.1) is 0 Å². The van der Waals surface area contributed by atoms with Crippen molar-refractivity contribution in [3.63, 3.8) is 0 Å². The molecule has 30 heavy (non-hydrogen) atoms. The number of Topliss-reactive ketones (excluding diaryl/α,β-unsaturated/α-hetero) is 1. The van der Waals surface area contributed by atoms with Crippen molar-refractivity contribution in [3.05, 3.63) is 57.0 Å². The number of carbonyl (C=O) groups is 1. The van der Waals surface area contributed by atoms with Gasteiger partial charge in [0.15, 0.2) is 5.78 Å². The number of anilines is 2. The number of methoxy groups -OCH3 is 1. The summed E-state index contributed by atoms with van der Waals surface area (Å²) in [6.45, 7) is 1.79. The molecule has 1 aromatic heterocycles. The van der Waals surface area contributed by atoms with E-state index in [2.05, 4.69) is 15.2 Å². The standard InChI is InChI=1S/C23H26N4O3/c1-30-17-11-4-3-8-14(17)18-19-15(9-7-10-16(19)28)24-21-20(18)22(29)26-23(25-21)27-12-5-2-6-13-27/h3-4,8,11,18H,2,5-7,9-10,12-13H2,1H3,(H2,24,25,26,29)/t18-/m0/s1. The lowest BCUT2D eigenvalue weighted by Crippen LogP contribution is -2.36. The van der Waals surface area contributed by atoms with Gasteiger partial charge in [0.2, 0.25) is 5.95 Å². The molecule has 7 nitrogen and oxygen atoms in total. The third-order valence-corrected chi connectivity index (χ3v) is 6.35. The van der Waals surface area contributed by atoms with E-state index < -0.39 is 5.92 Å². The topological polar surface area (TPSA) is 87.3 Å². The quantitative estimate of drug-likeness (QED) is 0.813. The number of ether oxygens (including phenoxy) is 1. The zero-order valence-electron chi connectivity index (χ0n) is 17.2. The summed E-state index contributed by atoms with van der Waals surface area (Å²) in [5, 5.41) is 3.35. The van der Waals surface area contributed by atoms with Crippen molar-refractivity contribution < 1.29 is 9.53 Å². The van der Waals surface area contributed by atoms with Crippen LogP contribution in [0.5, 0.6) is 5.75 Å². The molecule has 2 aliphatic heterocycles. The lowest BCUT2D eigenvalue weighted by atomic mass is 9.76. The molecule has 3 aliphatic rings. The first-order chi connectivity index (χ1) is 14.7. The Bertz CT molecular complexity index is 1080. The number of hydrogen-bond acceptors (Lipinski definition) is 6. The van der Waals surface area contributed by atoms with Crippen LogP contribution in [0.2, 0.25) is 0 Å². The predicted octanol–water partition coefficient (Wildman–Crippen LogP) is 3.33. The number of rotatable bonds is 3. The fourth-order valence-corrected chi connectivity index (χ4v) is 4.92. The molecule has 3 heterocycles. The van der Waals surface area contributed by atoms with Gasteiger partial charge in [-0.05, 0) is 38.2 Å². The number of fused-ring (bicyclic) bond motifs is 1. The van der Waals surface area contributed by atoms with E-state index in [1.165, 1.54) is 6.42 Å². The summed E-state index contributed by atoms with van der Waals surface area (Å²) in [6, 6.07) is 7.61. The van der Waals surface area contributed by atoms with Crippen LogP contribution in [0.15, 0.2) is 40.3 Å². The Hall–Kier alpha value is -3.09. The first kappa shape index (κ1) is 18.9. The molecule has 2 aromatic rings. The summed E-state index contributed by atoms with van der Waals surface area (Å²) >= 11 is 0. The van der Waals surface area contributed by atoms with Gasteiger partial charge in [-0.3, -0.25) is 14.6 Å². The van der Waals surface area contributed by atoms with E-state index >= 15 is 0 Å². The maximum absolute atomic E-state index is 13.4. The molecule has 0 saturated carbocycles. The zero-order valence-corrected chi connectivity index (χ0v) is 17.2. The number of hydrogen-bond donors (Lipinski definition) is 2. The van der Waals surface area contributed by atoms with E-state index in [1.54, 1.807) is 7.11 Å². The minimum atomic E-state index is -0.480. The number of carbonyl (C=O) groups excluding carboxylic acids is 1. The van der Waals surface area contributed by atoms with Gasteiger partial charge in [0, 0.05) is 36.3 Å². The minimum absolute atomic E-state index is 0.0878. The molecule has 0 amide bonds.